The molecule has 2 aliphatic carbocycles. The summed E-state index contributed by atoms with van der Waals surface area (Å²) in [6.07, 6.45) is -15.2. The van der Waals surface area contributed by atoms with Crippen LogP contribution >= 0.6 is 0 Å². The molecule has 52 heavy (non-hydrogen) atoms. The van der Waals surface area contributed by atoms with Gasteiger partial charge in [-0.15, -0.1) is 0 Å². The molecule has 0 aliphatic heterocycles. The molecule has 0 nitrogen and oxygen atoms in total. The summed E-state index contributed by atoms with van der Waals surface area (Å²) in [5.74, 6) is -72.4. The lowest BCUT2D eigenvalue weighted by Crippen LogP contribution is -2.58. The van der Waals surface area contributed by atoms with Gasteiger partial charge in [-0.25, -0.2) is 70.2 Å². The summed E-state index contributed by atoms with van der Waals surface area (Å²) in [5.41, 5.74) is -42.5. The van der Waals surface area contributed by atoms with E-state index in [1.807, 2.05) is 0 Å². The van der Waals surface area contributed by atoms with Crippen LogP contribution in [-0.4, -0.2) is 35.5 Å². The van der Waals surface area contributed by atoms with Crippen LogP contribution in [0.1, 0.15) is 11.1 Å². The molecule has 2 unspecified atom stereocenters. The van der Waals surface area contributed by atoms with Crippen LogP contribution in [-0.2, 0) is 0 Å². The van der Waals surface area contributed by atoms with Crippen LogP contribution in [0.15, 0.2) is 34.5 Å². The number of hydrogen-bond acceptors (Lipinski definition) is 0. The van der Waals surface area contributed by atoms with Crippen LogP contribution in [0.5, 0.6) is 0 Å². The van der Waals surface area contributed by atoms with Crippen molar-refractivity contribution in [3.05, 3.63) is 104 Å². The standard InChI is InChI=1S/C26F26/c27-5-1(6(28)10(32)13(35)9(5)31)3-17(37)21(41,19(39)15(23(3,43)44)25(47,48)49)22(42)18(38)4(24(45,46)16(20(22)40)26(50,51)52)2-7(29)11(33)14(36)12(34)8(2)30. The first kappa shape index (κ1) is 40.4. The molecule has 0 spiro atoms. The zero-order valence-corrected chi connectivity index (χ0v) is 22.8. The number of hydrogen-bond donors (Lipinski definition) is 0. The van der Waals surface area contributed by atoms with Gasteiger partial charge in [0.15, 0.2) is 69.8 Å². The van der Waals surface area contributed by atoms with Crippen molar-refractivity contribution in [3.63, 3.8) is 0 Å². The molecule has 286 valence electrons. The highest BCUT2D eigenvalue weighted by Crippen LogP contribution is 2.68. The van der Waals surface area contributed by atoms with Gasteiger partial charge in [-0.3, -0.25) is 0 Å². The molecular weight excluding hydrogens is 806 g/mol. The lowest BCUT2D eigenvalue weighted by molar-refractivity contribution is -0.135. The van der Waals surface area contributed by atoms with E-state index in [9.17, 15) is 70.2 Å². The second-order valence-electron chi connectivity index (χ2n) is 10.1. The fourth-order valence-corrected chi connectivity index (χ4v) is 5.08. The summed E-state index contributed by atoms with van der Waals surface area (Å²) < 4.78 is 379. The van der Waals surface area contributed by atoms with Crippen LogP contribution < -0.4 is 0 Å². The van der Waals surface area contributed by atoms with E-state index < -0.39 is 150 Å². The molecule has 2 aromatic rings. The maximum atomic E-state index is 16.5. The zero-order chi connectivity index (χ0) is 40.5. The third-order valence-electron chi connectivity index (χ3n) is 7.30. The fourth-order valence-electron chi connectivity index (χ4n) is 5.08. The molecular formula is C26F26. The number of alkyl halides is 12. The smallest absolute Gasteiger partial charge is 0.224 e. The Kier molecular flexibility index (Phi) is 8.95. The van der Waals surface area contributed by atoms with Crippen molar-refractivity contribution in [1.82, 2.24) is 0 Å². The number of allylic oxidation sites excluding steroid dienone is 8. The number of rotatable bonds is 3. The maximum Gasteiger partial charge on any atom is 0.421 e. The van der Waals surface area contributed by atoms with Gasteiger partial charge in [0.2, 0.25) is 11.6 Å². The predicted molar refractivity (Wildman–Crippen MR) is 114 cm³/mol. The van der Waals surface area contributed by atoms with Gasteiger partial charge in [-0.1, -0.05) is 0 Å². The summed E-state index contributed by atoms with van der Waals surface area (Å²) in [7, 11) is 0. The molecule has 0 heterocycles. The van der Waals surface area contributed by atoms with Crippen molar-refractivity contribution in [1.29, 1.82) is 0 Å². The van der Waals surface area contributed by atoms with E-state index in [-0.39, 0.29) is 0 Å². The van der Waals surface area contributed by atoms with Crippen LogP contribution in [0, 0.1) is 58.2 Å². The van der Waals surface area contributed by atoms with Gasteiger partial charge in [0, 0.05) is 0 Å². The summed E-state index contributed by atoms with van der Waals surface area (Å²) in [5, 5.41) is 0. The van der Waals surface area contributed by atoms with E-state index in [1.165, 1.54) is 0 Å². The van der Waals surface area contributed by atoms with E-state index in [4.69, 9.17) is 0 Å². The van der Waals surface area contributed by atoms with E-state index in [1.54, 1.807) is 0 Å². The normalized spacial score (nSPS) is 24.1. The predicted octanol–water partition coefficient (Wildman–Crippen LogP) is 11.4. The molecule has 0 saturated heterocycles. The van der Waals surface area contributed by atoms with E-state index >= 15 is 43.9 Å². The first-order valence-corrected chi connectivity index (χ1v) is 12.2. The monoisotopic (exact) mass is 806 g/mol. The quantitative estimate of drug-likeness (QED) is 0.165. The van der Waals surface area contributed by atoms with Crippen molar-refractivity contribution < 1.29 is 114 Å². The third kappa shape index (κ3) is 4.86. The fraction of sp³-hybridized carbons (Fsp3) is 0.231. The first-order chi connectivity index (χ1) is 23.2. The Morgan fingerprint density at radius 3 is 0.673 bits per heavy atom. The van der Waals surface area contributed by atoms with Gasteiger partial charge in [-0.2, -0.15) is 43.9 Å². The van der Waals surface area contributed by atoms with E-state index in [0.29, 0.717) is 0 Å². The minimum atomic E-state index is -7.74. The third-order valence-corrected chi connectivity index (χ3v) is 7.30. The van der Waals surface area contributed by atoms with Crippen molar-refractivity contribution >= 4 is 11.1 Å². The average molecular weight is 806 g/mol. The van der Waals surface area contributed by atoms with Crippen molar-refractivity contribution in [2.75, 3.05) is 0 Å². The number of benzene rings is 2. The van der Waals surface area contributed by atoms with Gasteiger partial charge in [0.05, 0.1) is 22.3 Å². The Morgan fingerprint density at radius 1 is 0.288 bits per heavy atom. The lowest BCUT2D eigenvalue weighted by Gasteiger charge is -2.45. The van der Waals surface area contributed by atoms with Gasteiger partial charge >= 0.3 is 24.2 Å². The molecule has 26 heteroatoms. The maximum absolute atomic E-state index is 16.5. The molecule has 0 N–H and O–H groups in total. The Labute approximate surface area is 265 Å². The largest absolute Gasteiger partial charge is 0.421 e. The molecule has 2 aliphatic rings. The van der Waals surface area contributed by atoms with Gasteiger partial charge in [0.25, 0.3) is 11.3 Å². The topological polar surface area (TPSA) is 0 Å². The molecule has 0 aromatic heterocycles. The second kappa shape index (κ2) is 11.5. The Balaban J connectivity index is 2.44. The Hall–Kier alpha value is -4.42. The molecule has 0 amide bonds. The first-order valence-electron chi connectivity index (χ1n) is 12.2. The van der Waals surface area contributed by atoms with Crippen LogP contribution in [0.2, 0.25) is 0 Å². The molecule has 0 bridgehead atoms. The highest BCUT2D eigenvalue weighted by molar-refractivity contribution is 5.86. The van der Waals surface area contributed by atoms with E-state index in [0.717, 1.165) is 0 Å². The summed E-state index contributed by atoms with van der Waals surface area (Å²) in [6, 6.07) is 0. The van der Waals surface area contributed by atoms with Crippen molar-refractivity contribution in [2.45, 2.75) is 35.5 Å². The molecule has 2 atom stereocenters. The molecule has 2 aromatic carbocycles. The molecule has 4 rings (SSSR count). The SMILES string of the molecule is FC1=C(c2c(F)c(F)c(F)c(F)c2F)C(F)(F)C(C(F)(F)F)=C(F)C1(F)C1(F)C(F)=C(c2c(F)c(F)c(F)c(F)c2F)C(F)(F)C(C(F)(F)F)=C1F. The number of halogens is 26. The molecule has 0 fully saturated rings. The zero-order valence-electron chi connectivity index (χ0n) is 22.8. The van der Waals surface area contributed by atoms with Crippen molar-refractivity contribution in [2.24, 2.45) is 0 Å². The molecule has 0 radical (unpaired) electrons. The summed E-state index contributed by atoms with van der Waals surface area (Å²) in [4.78, 5) is 0. The summed E-state index contributed by atoms with van der Waals surface area (Å²) in [6.45, 7) is 0. The summed E-state index contributed by atoms with van der Waals surface area (Å²) >= 11 is 0. The van der Waals surface area contributed by atoms with Gasteiger partial charge < -0.3 is 0 Å². The highest BCUT2D eigenvalue weighted by atomic mass is 19.4. The average Bonchev–Trinajstić information content (AvgIpc) is 3.00. The molecule has 0 saturated carbocycles. The lowest BCUT2D eigenvalue weighted by atomic mass is 9.68. The highest BCUT2D eigenvalue weighted by Gasteiger charge is 2.79. The van der Waals surface area contributed by atoms with Crippen LogP contribution in [0.3, 0.4) is 0 Å². The van der Waals surface area contributed by atoms with Crippen LogP contribution in [0.25, 0.3) is 11.1 Å². The van der Waals surface area contributed by atoms with Gasteiger partial charge in [-0.05, 0) is 0 Å². The minimum Gasteiger partial charge on any atom is -0.224 e. The second-order valence-corrected chi connectivity index (χ2v) is 10.1. The minimum absolute atomic E-state index is 3.47. The van der Waals surface area contributed by atoms with Crippen LogP contribution in [0.4, 0.5) is 114 Å². The van der Waals surface area contributed by atoms with Gasteiger partial charge in [0.1, 0.15) is 11.1 Å². The Morgan fingerprint density at radius 2 is 0.481 bits per heavy atom. The Bertz CT molecular complexity index is 1870. The van der Waals surface area contributed by atoms with Crippen molar-refractivity contribution in [3.8, 4) is 0 Å². The van der Waals surface area contributed by atoms with E-state index in [2.05, 4.69) is 0 Å².